The highest BCUT2D eigenvalue weighted by Crippen LogP contribution is 2.51. The lowest BCUT2D eigenvalue weighted by Gasteiger charge is -2.37. The first-order valence-corrected chi connectivity index (χ1v) is 14.9. The smallest absolute Gasteiger partial charge is 0.343 e. The monoisotopic (exact) mass is 556 g/mol. The molecular weight excluding hydrogens is 520 g/mol. The second-order valence-corrected chi connectivity index (χ2v) is 10.8. The molecule has 0 unspecified atom stereocenters. The van der Waals surface area contributed by atoms with Crippen LogP contribution in [0.15, 0.2) is 133 Å². The molecule has 1 aliphatic heterocycles. The molecule has 4 heteroatoms. The first kappa shape index (κ1) is 27.9. The molecule has 1 aliphatic carbocycles. The van der Waals surface area contributed by atoms with Gasteiger partial charge in [0.15, 0.2) is 6.29 Å². The van der Waals surface area contributed by atoms with Gasteiger partial charge < -0.3 is 14.2 Å². The van der Waals surface area contributed by atoms with Gasteiger partial charge in [-0.25, -0.2) is 4.79 Å². The van der Waals surface area contributed by atoms with Gasteiger partial charge in [0.05, 0.1) is 11.7 Å². The maximum Gasteiger partial charge on any atom is 0.343 e. The fourth-order valence-electron chi connectivity index (χ4n) is 6.16. The van der Waals surface area contributed by atoms with Crippen LogP contribution in [-0.2, 0) is 19.8 Å². The maximum absolute atomic E-state index is 13.3. The topological polar surface area (TPSA) is 44.8 Å². The Kier molecular flexibility index (Phi) is 8.18. The zero-order chi connectivity index (χ0) is 28.9. The van der Waals surface area contributed by atoms with E-state index in [4.69, 9.17) is 14.2 Å². The van der Waals surface area contributed by atoms with Crippen molar-refractivity contribution in [3.8, 4) is 11.1 Å². The summed E-state index contributed by atoms with van der Waals surface area (Å²) in [7, 11) is 0. The van der Waals surface area contributed by atoms with Gasteiger partial charge in [0.2, 0.25) is 0 Å². The summed E-state index contributed by atoms with van der Waals surface area (Å²) in [6, 6.07) is 38.3. The molecule has 0 radical (unpaired) electrons. The number of carbonyl (C=O) groups is 1. The lowest BCUT2D eigenvalue weighted by Crippen LogP contribution is -2.39. The van der Waals surface area contributed by atoms with Crippen LogP contribution in [0.2, 0.25) is 0 Å². The normalized spacial score (nSPS) is 22.1. The van der Waals surface area contributed by atoms with Crippen LogP contribution in [0.25, 0.3) is 16.7 Å². The molecule has 4 nitrogen and oxygen atoms in total. The molecule has 0 N–H and O–H groups in total. The van der Waals surface area contributed by atoms with Crippen LogP contribution >= 0.6 is 0 Å². The Hall–Kier alpha value is -4.25. The van der Waals surface area contributed by atoms with Gasteiger partial charge in [-0.3, -0.25) is 0 Å². The van der Waals surface area contributed by atoms with Crippen molar-refractivity contribution in [2.75, 3.05) is 0 Å². The molecule has 1 saturated heterocycles. The number of esters is 1. The molecule has 6 rings (SSSR count). The van der Waals surface area contributed by atoms with E-state index in [0.717, 1.165) is 47.1 Å². The minimum Gasteiger partial charge on any atom is -0.423 e. The number of hydrogen-bond acceptors (Lipinski definition) is 4. The standard InChI is InChI=1S/C38H36O4/c1-3-35-38(42-36(4-2)41-35,31-22-20-28(21-23-31)27-14-8-5-9-15-27)32-24-25-33(29-16-10-6-11-17-29)34(26-32)40-37(39)30-18-12-7-13-19-30/h5-23,26,35-36H,3-4,24-25H2,1-2H3/t35-,36-,38+/m0/s1. The van der Waals surface area contributed by atoms with E-state index in [1.54, 1.807) is 12.1 Å². The summed E-state index contributed by atoms with van der Waals surface area (Å²) in [5.41, 5.74) is 6.21. The summed E-state index contributed by atoms with van der Waals surface area (Å²) in [5.74, 6) is 0.190. The fourth-order valence-corrected chi connectivity index (χ4v) is 6.16. The first-order valence-electron chi connectivity index (χ1n) is 14.9. The number of allylic oxidation sites excluding steroid dienone is 2. The molecule has 1 fully saturated rings. The van der Waals surface area contributed by atoms with E-state index in [-0.39, 0.29) is 18.4 Å². The molecule has 42 heavy (non-hydrogen) atoms. The summed E-state index contributed by atoms with van der Waals surface area (Å²) < 4.78 is 19.6. The molecular formula is C38H36O4. The molecule has 2 aliphatic rings. The van der Waals surface area contributed by atoms with Crippen molar-refractivity contribution in [2.24, 2.45) is 0 Å². The van der Waals surface area contributed by atoms with E-state index in [2.05, 4.69) is 74.5 Å². The summed E-state index contributed by atoms with van der Waals surface area (Å²) >= 11 is 0. The quantitative estimate of drug-likeness (QED) is 0.203. The Morgan fingerprint density at radius 3 is 1.95 bits per heavy atom. The molecule has 0 bridgehead atoms. The van der Waals surface area contributed by atoms with Crippen molar-refractivity contribution >= 4 is 11.5 Å². The van der Waals surface area contributed by atoms with Gasteiger partial charge >= 0.3 is 5.97 Å². The van der Waals surface area contributed by atoms with Crippen LogP contribution in [0.4, 0.5) is 0 Å². The third-order valence-corrected chi connectivity index (χ3v) is 8.27. The zero-order valence-electron chi connectivity index (χ0n) is 24.2. The van der Waals surface area contributed by atoms with Crippen molar-refractivity contribution in [1.82, 2.24) is 0 Å². The zero-order valence-corrected chi connectivity index (χ0v) is 24.2. The third kappa shape index (κ3) is 5.36. The van der Waals surface area contributed by atoms with Crippen LogP contribution in [0.3, 0.4) is 0 Å². The Bertz CT molecular complexity index is 1570. The molecule has 0 aromatic heterocycles. The number of carbonyl (C=O) groups excluding carboxylic acids is 1. The van der Waals surface area contributed by atoms with Crippen LogP contribution in [0.1, 0.15) is 61.0 Å². The minimum absolute atomic E-state index is 0.180. The molecule has 0 amide bonds. The maximum atomic E-state index is 13.3. The Balaban J connectivity index is 1.46. The lowest BCUT2D eigenvalue weighted by molar-refractivity contribution is -0.0841. The van der Waals surface area contributed by atoms with E-state index in [9.17, 15) is 4.79 Å². The van der Waals surface area contributed by atoms with Gasteiger partial charge in [-0.15, -0.1) is 0 Å². The van der Waals surface area contributed by atoms with E-state index in [0.29, 0.717) is 17.7 Å². The Labute approximate surface area is 248 Å². The van der Waals surface area contributed by atoms with Crippen LogP contribution < -0.4 is 0 Å². The molecule has 4 aromatic carbocycles. The summed E-state index contributed by atoms with van der Waals surface area (Å²) in [5, 5.41) is 0. The van der Waals surface area contributed by atoms with E-state index in [1.165, 1.54) is 5.56 Å². The third-order valence-electron chi connectivity index (χ3n) is 8.27. The summed E-state index contributed by atoms with van der Waals surface area (Å²) in [6.07, 6.45) is 4.54. The second kappa shape index (κ2) is 12.3. The number of rotatable bonds is 8. The highest BCUT2D eigenvalue weighted by atomic mass is 16.7. The molecule has 1 heterocycles. The predicted octanol–water partition coefficient (Wildman–Crippen LogP) is 9.10. The van der Waals surface area contributed by atoms with E-state index >= 15 is 0 Å². The Morgan fingerprint density at radius 1 is 0.738 bits per heavy atom. The van der Waals surface area contributed by atoms with Crippen molar-refractivity contribution < 1.29 is 19.0 Å². The van der Waals surface area contributed by atoms with Gasteiger partial charge in [-0.2, -0.15) is 0 Å². The van der Waals surface area contributed by atoms with E-state index < -0.39 is 5.60 Å². The molecule has 212 valence electrons. The number of benzene rings is 4. The van der Waals surface area contributed by atoms with E-state index in [1.807, 2.05) is 48.5 Å². The lowest BCUT2D eigenvalue weighted by atomic mass is 9.75. The number of hydrogen-bond donors (Lipinski definition) is 0. The summed E-state index contributed by atoms with van der Waals surface area (Å²) in [4.78, 5) is 13.3. The van der Waals surface area contributed by atoms with Gasteiger partial charge in [0.1, 0.15) is 11.4 Å². The number of ether oxygens (including phenoxy) is 3. The first-order chi connectivity index (χ1) is 20.6. The van der Waals surface area contributed by atoms with Gasteiger partial charge in [0, 0.05) is 5.57 Å². The van der Waals surface area contributed by atoms with Crippen molar-refractivity contribution in [3.05, 3.63) is 149 Å². The van der Waals surface area contributed by atoms with Crippen molar-refractivity contribution in [3.63, 3.8) is 0 Å². The van der Waals surface area contributed by atoms with Crippen LogP contribution in [0.5, 0.6) is 0 Å². The summed E-state index contributed by atoms with van der Waals surface area (Å²) in [6.45, 7) is 4.23. The van der Waals surface area contributed by atoms with Crippen molar-refractivity contribution in [2.45, 2.75) is 57.5 Å². The largest absolute Gasteiger partial charge is 0.423 e. The average Bonchev–Trinajstić information content (AvgIpc) is 3.46. The SMILES string of the molecule is CC[C@H]1O[C@@H](CC)[C@](C2=CC(OC(=O)c3ccccc3)=C(c3ccccc3)CC2)(c2ccc(-c3ccccc3)cc2)O1. The van der Waals surface area contributed by atoms with Gasteiger partial charge in [-0.05, 0) is 71.7 Å². The average molecular weight is 557 g/mol. The minimum atomic E-state index is -0.794. The van der Waals surface area contributed by atoms with Gasteiger partial charge in [0.25, 0.3) is 0 Å². The predicted molar refractivity (Wildman–Crippen MR) is 166 cm³/mol. The van der Waals surface area contributed by atoms with Gasteiger partial charge in [-0.1, -0.05) is 117 Å². The van der Waals surface area contributed by atoms with Crippen LogP contribution in [0, 0.1) is 0 Å². The van der Waals surface area contributed by atoms with Crippen molar-refractivity contribution in [1.29, 1.82) is 0 Å². The molecule has 3 atom stereocenters. The molecule has 0 spiro atoms. The molecule has 4 aromatic rings. The highest BCUT2D eigenvalue weighted by molar-refractivity contribution is 5.91. The highest BCUT2D eigenvalue weighted by Gasteiger charge is 2.52. The van der Waals surface area contributed by atoms with Crippen LogP contribution in [-0.4, -0.2) is 18.4 Å². The fraction of sp³-hybridized carbons (Fsp3) is 0.237. The molecule has 0 saturated carbocycles. The Morgan fingerprint density at radius 2 is 1.33 bits per heavy atom. The second-order valence-electron chi connectivity index (χ2n) is 10.8.